The van der Waals surface area contributed by atoms with Crippen LogP contribution in [0.5, 0.6) is 5.75 Å². The van der Waals surface area contributed by atoms with Crippen LogP contribution in [0.2, 0.25) is 0 Å². The summed E-state index contributed by atoms with van der Waals surface area (Å²) in [6.45, 7) is -1.07. The van der Waals surface area contributed by atoms with E-state index in [4.69, 9.17) is 4.74 Å². The largest absolute Gasteiger partial charge is 0.483 e. The Morgan fingerprint density at radius 2 is 1.77 bits per heavy atom. The molecule has 1 aliphatic rings. The van der Waals surface area contributed by atoms with Crippen LogP contribution >= 0.6 is 0 Å². The maximum atomic E-state index is 13.3. The molecule has 6 heteroatoms. The predicted octanol–water partition coefficient (Wildman–Crippen LogP) is 1.64. The minimum Gasteiger partial charge on any atom is -0.483 e. The highest BCUT2D eigenvalue weighted by Gasteiger charge is 2.17. The Morgan fingerprint density at radius 1 is 1.18 bits per heavy atom. The molecule has 1 aliphatic carbocycles. The number of amides is 1. The number of halogens is 1. The lowest BCUT2D eigenvalue weighted by Crippen LogP contribution is -2.39. The first-order valence-corrected chi connectivity index (χ1v) is 7.59. The second-order valence-corrected chi connectivity index (χ2v) is 5.56. The van der Waals surface area contributed by atoms with Gasteiger partial charge in [0.2, 0.25) is 0 Å². The number of rotatable bonds is 6. The number of carbonyl (C=O) groups excluding carboxylic acids is 1. The van der Waals surface area contributed by atoms with E-state index in [1.165, 1.54) is 6.42 Å². The molecule has 0 spiro atoms. The summed E-state index contributed by atoms with van der Waals surface area (Å²) >= 11 is 0. The Balaban J connectivity index is 1.96. The summed E-state index contributed by atoms with van der Waals surface area (Å²) in [7, 11) is 0. The quantitative estimate of drug-likeness (QED) is 0.746. The van der Waals surface area contributed by atoms with Crippen LogP contribution in [0.4, 0.5) is 4.39 Å². The van der Waals surface area contributed by atoms with E-state index in [2.05, 4.69) is 5.32 Å². The molecule has 1 fully saturated rings. The Kier molecular flexibility index (Phi) is 6.15. The SMILES string of the molecule is O=C(COc1c(CO)cc(F)cc1CO)NC1CCCCC1. The normalized spacial score (nSPS) is 15.6. The van der Waals surface area contributed by atoms with E-state index in [-0.39, 0.29) is 35.4 Å². The molecular weight excluding hydrogens is 289 g/mol. The average Bonchev–Trinajstić information content (AvgIpc) is 2.53. The van der Waals surface area contributed by atoms with Crippen molar-refractivity contribution >= 4 is 5.91 Å². The molecule has 5 nitrogen and oxygen atoms in total. The van der Waals surface area contributed by atoms with Crippen LogP contribution < -0.4 is 10.1 Å². The Labute approximate surface area is 129 Å². The first-order valence-electron chi connectivity index (χ1n) is 7.59. The van der Waals surface area contributed by atoms with Crippen LogP contribution in [0, 0.1) is 5.82 Å². The van der Waals surface area contributed by atoms with E-state index in [9.17, 15) is 19.4 Å². The number of aliphatic hydroxyl groups excluding tert-OH is 2. The minimum absolute atomic E-state index is 0.171. The van der Waals surface area contributed by atoms with Gasteiger partial charge in [-0.2, -0.15) is 0 Å². The van der Waals surface area contributed by atoms with Crippen molar-refractivity contribution in [2.24, 2.45) is 0 Å². The molecule has 0 aliphatic heterocycles. The van der Waals surface area contributed by atoms with Crippen molar-refractivity contribution in [3.63, 3.8) is 0 Å². The zero-order chi connectivity index (χ0) is 15.9. The van der Waals surface area contributed by atoms with E-state index in [1.807, 2.05) is 0 Å². The number of hydrogen-bond donors (Lipinski definition) is 3. The maximum Gasteiger partial charge on any atom is 0.258 e. The highest BCUT2D eigenvalue weighted by Crippen LogP contribution is 2.26. The Hall–Kier alpha value is -1.66. The van der Waals surface area contributed by atoms with Gasteiger partial charge < -0.3 is 20.3 Å². The van der Waals surface area contributed by atoms with Gasteiger partial charge in [0.1, 0.15) is 11.6 Å². The van der Waals surface area contributed by atoms with Crippen LogP contribution in [0.15, 0.2) is 12.1 Å². The number of carbonyl (C=O) groups is 1. The summed E-state index contributed by atoms with van der Waals surface area (Å²) < 4.78 is 18.7. The molecule has 122 valence electrons. The molecule has 1 aromatic rings. The van der Waals surface area contributed by atoms with Crippen LogP contribution in [-0.2, 0) is 18.0 Å². The third-order valence-corrected chi connectivity index (χ3v) is 3.87. The van der Waals surface area contributed by atoms with Crippen LogP contribution in [-0.4, -0.2) is 28.8 Å². The fraction of sp³-hybridized carbons (Fsp3) is 0.562. The zero-order valence-corrected chi connectivity index (χ0v) is 12.5. The third kappa shape index (κ3) is 4.42. The first-order chi connectivity index (χ1) is 10.6. The van der Waals surface area contributed by atoms with Gasteiger partial charge in [-0.05, 0) is 25.0 Å². The van der Waals surface area contributed by atoms with Gasteiger partial charge in [0.25, 0.3) is 5.91 Å². The van der Waals surface area contributed by atoms with E-state index in [1.54, 1.807) is 0 Å². The summed E-state index contributed by atoms with van der Waals surface area (Å²) in [6, 6.07) is 2.45. The number of hydrogen-bond acceptors (Lipinski definition) is 4. The molecule has 0 saturated heterocycles. The molecule has 0 radical (unpaired) electrons. The lowest BCUT2D eigenvalue weighted by molar-refractivity contribution is -0.124. The Morgan fingerprint density at radius 3 is 2.32 bits per heavy atom. The van der Waals surface area contributed by atoms with Gasteiger partial charge in [0, 0.05) is 17.2 Å². The van der Waals surface area contributed by atoms with Crippen molar-refractivity contribution in [3.8, 4) is 5.75 Å². The highest BCUT2D eigenvalue weighted by molar-refractivity contribution is 5.78. The fourth-order valence-corrected chi connectivity index (χ4v) is 2.79. The zero-order valence-electron chi connectivity index (χ0n) is 12.5. The highest BCUT2D eigenvalue weighted by atomic mass is 19.1. The van der Waals surface area contributed by atoms with Crippen LogP contribution in [0.3, 0.4) is 0 Å². The van der Waals surface area contributed by atoms with Gasteiger partial charge in [0.15, 0.2) is 6.61 Å². The molecule has 3 N–H and O–H groups in total. The van der Waals surface area contributed by atoms with Crippen molar-refractivity contribution in [2.45, 2.75) is 51.4 Å². The van der Waals surface area contributed by atoms with E-state index in [0.29, 0.717) is 0 Å². The van der Waals surface area contributed by atoms with Gasteiger partial charge >= 0.3 is 0 Å². The molecule has 0 bridgehead atoms. The van der Waals surface area contributed by atoms with Crippen molar-refractivity contribution in [2.75, 3.05) is 6.61 Å². The van der Waals surface area contributed by atoms with Gasteiger partial charge in [-0.3, -0.25) is 4.79 Å². The molecule has 0 aromatic heterocycles. The molecule has 0 atom stereocenters. The topological polar surface area (TPSA) is 78.8 Å². The lowest BCUT2D eigenvalue weighted by atomic mass is 9.95. The average molecular weight is 311 g/mol. The molecule has 0 heterocycles. The van der Waals surface area contributed by atoms with Crippen molar-refractivity contribution in [1.29, 1.82) is 0 Å². The number of benzene rings is 1. The van der Waals surface area contributed by atoms with Gasteiger partial charge in [0.05, 0.1) is 13.2 Å². The van der Waals surface area contributed by atoms with Gasteiger partial charge in [-0.1, -0.05) is 19.3 Å². The van der Waals surface area contributed by atoms with Gasteiger partial charge in [-0.15, -0.1) is 0 Å². The Bertz CT molecular complexity index is 490. The summed E-state index contributed by atoms with van der Waals surface area (Å²) in [5.74, 6) is -0.638. The smallest absolute Gasteiger partial charge is 0.258 e. The standard InChI is InChI=1S/C16H22FNO4/c17-13-6-11(8-19)16(12(7-13)9-20)22-10-15(21)18-14-4-2-1-3-5-14/h6-7,14,19-20H,1-5,8-10H2,(H,18,21). The molecule has 1 amide bonds. The number of ether oxygens (including phenoxy) is 1. The second-order valence-electron chi connectivity index (χ2n) is 5.56. The number of nitrogens with one attached hydrogen (secondary N) is 1. The monoisotopic (exact) mass is 311 g/mol. The van der Waals surface area contributed by atoms with Crippen LogP contribution in [0.25, 0.3) is 0 Å². The van der Waals surface area contributed by atoms with Gasteiger partial charge in [-0.25, -0.2) is 4.39 Å². The molecule has 0 unspecified atom stereocenters. The predicted molar refractivity (Wildman–Crippen MR) is 78.8 cm³/mol. The lowest BCUT2D eigenvalue weighted by Gasteiger charge is -2.23. The summed E-state index contributed by atoms with van der Waals surface area (Å²) in [4.78, 5) is 11.9. The second kappa shape index (κ2) is 8.10. The first kappa shape index (κ1) is 16.7. The maximum absolute atomic E-state index is 13.3. The summed E-state index contributed by atoms with van der Waals surface area (Å²) in [5, 5.41) is 21.4. The van der Waals surface area contributed by atoms with E-state index >= 15 is 0 Å². The third-order valence-electron chi connectivity index (χ3n) is 3.87. The van der Waals surface area contributed by atoms with E-state index < -0.39 is 19.0 Å². The van der Waals surface area contributed by atoms with Crippen molar-refractivity contribution in [1.82, 2.24) is 5.32 Å². The number of aliphatic hydroxyl groups is 2. The summed E-state index contributed by atoms with van der Waals surface area (Å²) in [5.41, 5.74) is 0.434. The molecule has 1 saturated carbocycles. The minimum atomic E-state index is -0.563. The fourth-order valence-electron chi connectivity index (χ4n) is 2.79. The van der Waals surface area contributed by atoms with Crippen molar-refractivity contribution < 1.29 is 24.1 Å². The molecule has 22 heavy (non-hydrogen) atoms. The van der Waals surface area contributed by atoms with E-state index in [0.717, 1.165) is 37.8 Å². The molecular formula is C16H22FNO4. The molecule has 2 rings (SSSR count). The van der Waals surface area contributed by atoms with Crippen LogP contribution in [0.1, 0.15) is 43.2 Å². The molecule has 1 aromatic carbocycles. The van der Waals surface area contributed by atoms with Crippen molar-refractivity contribution in [3.05, 3.63) is 29.1 Å². The summed E-state index contributed by atoms with van der Waals surface area (Å²) in [6.07, 6.45) is 5.40.